The Morgan fingerprint density at radius 2 is 2.36 bits per heavy atom. The molecule has 0 aliphatic heterocycles. The summed E-state index contributed by atoms with van der Waals surface area (Å²) in [5, 5.41) is 9.79. The van der Waals surface area contributed by atoms with Gasteiger partial charge < -0.3 is 5.11 Å². The van der Waals surface area contributed by atoms with Crippen LogP contribution in [0.4, 0.5) is 0 Å². The molecule has 0 bridgehead atoms. The Morgan fingerprint density at radius 1 is 1.64 bits per heavy atom. The summed E-state index contributed by atoms with van der Waals surface area (Å²) in [5.41, 5.74) is 1.94. The van der Waals surface area contributed by atoms with Crippen LogP contribution in [0.15, 0.2) is 35.1 Å². The number of pyridine rings is 1. The molecule has 0 amide bonds. The summed E-state index contributed by atoms with van der Waals surface area (Å²) in [6, 6.07) is 1.89. The number of aliphatic hydroxyl groups excluding tert-OH is 1. The molecule has 0 spiro atoms. The van der Waals surface area contributed by atoms with Gasteiger partial charge in [0.25, 0.3) is 0 Å². The van der Waals surface area contributed by atoms with E-state index in [1.165, 1.54) is 0 Å². The van der Waals surface area contributed by atoms with Crippen molar-refractivity contribution in [1.82, 2.24) is 4.98 Å². The van der Waals surface area contributed by atoms with E-state index in [1.54, 1.807) is 12.4 Å². The van der Waals surface area contributed by atoms with E-state index in [4.69, 9.17) is 0 Å². The SMILES string of the molecule is C=C(C)CCC(O)c1cncc(Br)c1. The minimum Gasteiger partial charge on any atom is -0.388 e. The zero-order chi connectivity index (χ0) is 10.6. The van der Waals surface area contributed by atoms with Crippen LogP contribution in [-0.2, 0) is 0 Å². The van der Waals surface area contributed by atoms with Crippen LogP contribution < -0.4 is 0 Å². The lowest BCUT2D eigenvalue weighted by atomic mass is 10.0. The number of halogens is 1. The molecule has 0 aliphatic carbocycles. The highest BCUT2D eigenvalue weighted by Gasteiger charge is 2.07. The summed E-state index contributed by atoms with van der Waals surface area (Å²) in [4.78, 5) is 4.00. The third-order valence-corrected chi connectivity index (χ3v) is 2.39. The van der Waals surface area contributed by atoms with E-state index in [1.807, 2.05) is 13.0 Å². The fourth-order valence-corrected chi connectivity index (χ4v) is 1.54. The van der Waals surface area contributed by atoms with Gasteiger partial charge in [-0.2, -0.15) is 0 Å². The van der Waals surface area contributed by atoms with Gasteiger partial charge in [-0.25, -0.2) is 0 Å². The average Bonchev–Trinajstić information content (AvgIpc) is 2.14. The first-order chi connectivity index (χ1) is 6.59. The second-order valence-corrected chi connectivity index (χ2v) is 4.36. The molecular formula is C11H14BrNO. The van der Waals surface area contributed by atoms with Crippen LogP contribution in [0.25, 0.3) is 0 Å². The number of hydrogen-bond acceptors (Lipinski definition) is 2. The molecule has 1 unspecified atom stereocenters. The Balaban J connectivity index is 2.60. The second kappa shape index (κ2) is 5.27. The quantitative estimate of drug-likeness (QED) is 0.839. The lowest BCUT2D eigenvalue weighted by molar-refractivity contribution is 0.167. The van der Waals surface area contributed by atoms with Crippen molar-refractivity contribution in [2.75, 3.05) is 0 Å². The lowest BCUT2D eigenvalue weighted by Crippen LogP contribution is -1.98. The highest BCUT2D eigenvalue weighted by Crippen LogP contribution is 2.21. The zero-order valence-corrected chi connectivity index (χ0v) is 9.79. The Labute approximate surface area is 92.8 Å². The molecular weight excluding hydrogens is 242 g/mol. The lowest BCUT2D eigenvalue weighted by Gasteiger charge is -2.10. The molecule has 0 saturated heterocycles. The van der Waals surface area contributed by atoms with Crippen molar-refractivity contribution in [3.05, 3.63) is 40.6 Å². The van der Waals surface area contributed by atoms with E-state index in [0.29, 0.717) is 6.42 Å². The average molecular weight is 256 g/mol. The predicted octanol–water partition coefficient (Wildman–Crippen LogP) is 3.23. The largest absolute Gasteiger partial charge is 0.388 e. The van der Waals surface area contributed by atoms with E-state index in [-0.39, 0.29) is 0 Å². The first-order valence-corrected chi connectivity index (χ1v) is 5.32. The van der Waals surface area contributed by atoms with Gasteiger partial charge in [-0.15, -0.1) is 6.58 Å². The monoisotopic (exact) mass is 255 g/mol. The van der Waals surface area contributed by atoms with Gasteiger partial charge in [-0.1, -0.05) is 5.57 Å². The molecule has 3 heteroatoms. The molecule has 1 rings (SSSR count). The molecule has 1 N–H and O–H groups in total. The van der Waals surface area contributed by atoms with Crippen LogP contribution in [0.2, 0.25) is 0 Å². The molecule has 76 valence electrons. The summed E-state index contributed by atoms with van der Waals surface area (Å²) < 4.78 is 0.893. The van der Waals surface area contributed by atoms with Gasteiger partial charge in [0.1, 0.15) is 0 Å². The maximum atomic E-state index is 9.79. The van der Waals surface area contributed by atoms with Gasteiger partial charge in [-0.3, -0.25) is 4.98 Å². The zero-order valence-electron chi connectivity index (χ0n) is 8.20. The molecule has 1 aromatic rings. The maximum absolute atomic E-state index is 9.79. The normalized spacial score (nSPS) is 12.5. The Morgan fingerprint density at radius 3 is 2.93 bits per heavy atom. The minimum absolute atomic E-state index is 0.448. The van der Waals surface area contributed by atoms with E-state index in [0.717, 1.165) is 22.0 Å². The van der Waals surface area contributed by atoms with Gasteiger partial charge >= 0.3 is 0 Å². The maximum Gasteiger partial charge on any atom is 0.0808 e. The summed E-state index contributed by atoms with van der Waals surface area (Å²) in [7, 11) is 0. The molecule has 0 aromatic carbocycles. The van der Waals surface area contributed by atoms with Gasteiger partial charge in [0.15, 0.2) is 0 Å². The van der Waals surface area contributed by atoms with Gasteiger partial charge in [-0.05, 0) is 47.3 Å². The van der Waals surface area contributed by atoms with Crippen molar-refractivity contribution in [3.63, 3.8) is 0 Å². The van der Waals surface area contributed by atoms with Crippen LogP contribution in [0.5, 0.6) is 0 Å². The summed E-state index contributed by atoms with van der Waals surface area (Å²) in [5.74, 6) is 0. The first-order valence-electron chi connectivity index (χ1n) is 4.52. The number of hydrogen-bond donors (Lipinski definition) is 1. The Bertz CT molecular complexity index is 325. The fraction of sp³-hybridized carbons (Fsp3) is 0.364. The van der Waals surface area contributed by atoms with Crippen molar-refractivity contribution in [1.29, 1.82) is 0 Å². The van der Waals surface area contributed by atoms with E-state index in [9.17, 15) is 5.11 Å². The number of aromatic nitrogens is 1. The highest BCUT2D eigenvalue weighted by molar-refractivity contribution is 9.10. The van der Waals surface area contributed by atoms with Crippen molar-refractivity contribution in [2.45, 2.75) is 25.9 Å². The summed E-state index contributed by atoms with van der Waals surface area (Å²) >= 11 is 3.32. The summed E-state index contributed by atoms with van der Waals surface area (Å²) in [6.45, 7) is 5.77. The smallest absolute Gasteiger partial charge is 0.0808 e. The molecule has 2 nitrogen and oxygen atoms in total. The van der Waals surface area contributed by atoms with Crippen LogP contribution in [0, 0.1) is 0 Å². The molecule has 0 saturated carbocycles. The summed E-state index contributed by atoms with van der Waals surface area (Å²) in [6.07, 6.45) is 4.49. The van der Waals surface area contributed by atoms with Gasteiger partial charge in [0.05, 0.1) is 6.10 Å². The molecule has 1 aromatic heterocycles. The van der Waals surface area contributed by atoms with E-state index >= 15 is 0 Å². The van der Waals surface area contributed by atoms with Crippen LogP contribution in [0.3, 0.4) is 0 Å². The molecule has 0 aliphatic rings. The first kappa shape index (κ1) is 11.4. The van der Waals surface area contributed by atoms with Crippen molar-refractivity contribution in [2.24, 2.45) is 0 Å². The van der Waals surface area contributed by atoms with Crippen LogP contribution >= 0.6 is 15.9 Å². The molecule has 1 atom stereocenters. The predicted molar refractivity (Wildman–Crippen MR) is 60.9 cm³/mol. The van der Waals surface area contributed by atoms with E-state index in [2.05, 4.69) is 27.5 Å². The van der Waals surface area contributed by atoms with Crippen molar-refractivity contribution >= 4 is 15.9 Å². The fourth-order valence-electron chi connectivity index (χ4n) is 1.16. The van der Waals surface area contributed by atoms with Crippen LogP contribution in [-0.4, -0.2) is 10.1 Å². The molecule has 14 heavy (non-hydrogen) atoms. The molecule has 0 fully saturated rings. The van der Waals surface area contributed by atoms with Gasteiger partial charge in [0, 0.05) is 16.9 Å². The number of allylic oxidation sites excluding steroid dienone is 1. The third-order valence-electron chi connectivity index (χ3n) is 1.96. The topological polar surface area (TPSA) is 33.1 Å². The second-order valence-electron chi connectivity index (χ2n) is 3.45. The minimum atomic E-state index is -0.448. The Kier molecular flexibility index (Phi) is 4.29. The van der Waals surface area contributed by atoms with Crippen LogP contribution in [0.1, 0.15) is 31.4 Å². The molecule has 0 radical (unpaired) electrons. The van der Waals surface area contributed by atoms with E-state index < -0.39 is 6.10 Å². The Hall–Kier alpha value is -0.670. The number of nitrogens with zero attached hydrogens (tertiary/aromatic N) is 1. The highest BCUT2D eigenvalue weighted by atomic mass is 79.9. The number of aliphatic hydroxyl groups is 1. The molecule has 1 heterocycles. The van der Waals surface area contributed by atoms with Crippen molar-refractivity contribution < 1.29 is 5.11 Å². The van der Waals surface area contributed by atoms with Crippen molar-refractivity contribution in [3.8, 4) is 0 Å². The standard InChI is InChI=1S/C11H14BrNO/c1-8(2)3-4-11(14)9-5-10(12)7-13-6-9/h5-7,11,14H,1,3-4H2,2H3. The van der Waals surface area contributed by atoms with Gasteiger partial charge in [0.2, 0.25) is 0 Å². The number of rotatable bonds is 4. The third kappa shape index (κ3) is 3.60.